The second-order valence-electron chi connectivity index (χ2n) is 5.79. The first-order valence-corrected chi connectivity index (χ1v) is 9.06. The maximum atomic E-state index is 12.5. The highest BCUT2D eigenvalue weighted by molar-refractivity contribution is 14.0. The molecule has 0 bridgehead atoms. The van der Waals surface area contributed by atoms with E-state index in [9.17, 15) is 8.78 Å². The van der Waals surface area contributed by atoms with Gasteiger partial charge in [0, 0.05) is 30.6 Å². The Morgan fingerprint density at radius 3 is 2.52 bits per heavy atom. The molecule has 1 atom stereocenters. The zero-order valence-electron chi connectivity index (χ0n) is 15.5. The molecular formula is C18H25F2IN4OS. The topological polar surface area (TPSA) is 48.9 Å². The van der Waals surface area contributed by atoms with Crippen molar-refractivity contribution in [3.05, 3.63) is 52.2 Å². The molecule has 0 aliphatic carbocycles. The summed E-state index contributed by atoms with van der Waals surface area (Å²) >= 11 is 1.71. The quantitative estimate of drug-likeness (QED) is 0.321. The lowest BCUT2D eigenvalue weighted by molar-refractivity contribution is -0.0504. The van der Waals surface area contributed by atoms with Crippen molar-refractivity contribution < 1.29 is 13.5 Å². The van der Waals surface area contributed by atoms with Crippen LogP contribution in [0.2, 0.25) is 0 Å². The van der Waals surface area contributed by atoms with E-state index in [4.69, 9.17) is 0 Å². The average molecular weight is 510 g/mol. The fourth-order valence-corrected chi connectivity index (χ4v) is 3.39. The van der Waals surface area contributed by atoms with E-state index in [1.54, 1.807) is 36.6 Å². The molecule has 0 aliphatic heterocycles. The van der Waals surface area contributed by atoms with Crippen LogP contribution in [0.4, 0.5) is 8.78 Å². The summed E-state index contributed by atoms with van der Waals surface area (Å²) in [5, 5.41) is 8.48. The van der Waals surface area contributed by atoms with Crippen molar-refractivity contribution in [2.75, 3.05) is 27.7 Å². The van der Waals surface area contributed by atoms with Crippen LogP contribution in [0.1, 0.15) is 16.5 Å². The van der Waals surface area contributed by atoms with Gasteiger partial charge in [-0.1, -0.05) is 24.3 Å². The first kappa shape index (κ1) is 23.6. The zero-order chi connectivity index (χ0) is 18.9. The van der Waals surface area contributed by atoms with Gasteiger partial charge in [0.1, 0.15) is 5.75 Å². The third-order valence-corrected chi connectivity index (χ3v) is 4.79. The van der Waals surface area contributed by atoms with Crippen LogP contribution < -0.4 is 15.4 Å². The van der Waals surface area contributed by atoms with Gasteiger partial charge in [0.25, 0.3) is 0 Å². The number of para-hydroxylation sites is 1. The van der Waals surface area contributed by atoms with E-state index < -0.39 is 6.61 Å². The molecule has 0 saturated heterocycles. The third-order valence-electron chi connectivity index (χ3n) is 3.82. The second kappa shape index (κ2) is 12.1. The van der Waals surface area contributed by atoms with Crippen LogP contribution in [0.3, 0.4) is 0 Å². The van der Waals surface area contributed by atoms with Crippen LogP contribution in [-0.4, -0.2) is 45.2 Å². The van der Waals surface area contributed by atoms with Crippen molar-refractivity contribution in [1.29, 1.82) is 0 Å². The number of hydrogen-bond acceptors (Lipinski definition) is 4. The van der Waals surface area contributed by atoms with Crippen molar-refractivity contribution in [3.8, 4) is 5.75 Å². The van der Waals surface area contributed by atoms with E-state index in [0.29, 0.717) is 24.6 Å². The Balaban J connectivity index is 0.00000364. The molecule has 1 aromatic carbocycles. The number of aliphatic imine (C=N–C) groups is 1. The van der Waals surface area contributed by atoms with E-state index in [-0.39, 0.29) is 35.8 Å². The summed E-state index contributed by atoms with van der Waals surface area (Å²) in [7, 11) is 5.73. The molecule has 150 valence electrons. The molecule has 0 amide bonds. The van der Waals surface area contributed by atoms with Crippen molar-refractivity contribution in [1.82, 2.24) is 15.5 Å². The summed E-state index contributed by atoms with van der Waals surface area (Å²) in [5.74, 6) is 0.760. The lowest BCUT2D eigenvalue weighted by Gasteiger charge is -2.24. The summed E-state index contributed by atoms with van der Waals surface area (Å²) in [6, 6.07) is 11.1. The average Bonchev–Trinajstić information content (AvgIpc) is 3.12. The number of alkyl halides is 2. The summed E-state index contributed by atoms with van der Waals surface area (Å²) in [6.45, 7) is -1.85. The normalized spacial score (nSPS) is 12.6. The lowest BCUT2D eigenvalue weighted by Crippen LogP contribution is -2.41. The minimum Gasteiger partial charge on any atom is -0.434 e. The van der Waals surface area contributed by atoms with Gasteiger partial charge in [0.2, 0.25) is 0 Å². The summed E-state index contributed by atoms with van der Waals surface area (Å²) < 4.78 is 29.6. The Morgan fingerprint density at radius 1 is 1.19 bits per heavy atom. The van der Waals surface area contributed by atoms with Gasteiger partial charge in [0.05, 0.1) is 6.04 Å². The molecule has 2 aromatic rings. The predicted octanol–water partition coefficient (Wildman–Crippen LogP) is 3.94. The number of ether oxygens (including phenoxy) is 1. The standard InChI is InChI=1S/C18H24F2N4OS.HI/c1-21-18(23-12-14(24(2)3)16-9-6-10-26-16)22-11-13-7-4-5-8-15(13)25-17(19)20;/h4-10,14,17H,11-12H2,1-3H3,(H2,21,22,23);1H. The van der Waals surface area contributed by atoms with Gasteiger partial charge < -0.3 is 20.3 Å². The number of thiophene rings is 1. The van der Waals surface area contributed by atoms with Gasteiger partial charge in [-0.05, 0) is 31.6 Å². The predicted molar refractivity (Wildman–Crippen MR) is 117 cm³/mol. The summed E-state index contributed by atoms with van der Waals surface area (Å²) in [4.78, 5) is 7.59. The number of likely N-dealkylation sites (N-methyl/N-ethyl adjacent to an activating group) is 1. The van der Waals surface area contributed by atoms with E-state index >= 15 is 0 Å². The Hall–Kier alpha value is -1.46. The van der Waals surface area contributed by atoms with Crippen LogP contribution >= 0.6 is 35.3 Å². The molecule has 1 unspecified atom stereocenters. The second-order valence-corrected chi connectivity index (χ2v) is 6.77. The molecule has 9 heteroatoms. The van der Waals surface area contributed by atoms with Crippen LogP contribution in [0.15, 0.2) is 46.8 Å². The molecule has 1 aromatic heterocycles. The number of guanidine groups is 1. The molecule has 0 spiro atoms. The third kappa shape index (κ3) is 7.59. The summed E-state index contributed by atoms with van der Waals surface area (Å²) in [6.07, 6.45) is 0. The monoisotopic (exact) mass is 510 g/mol. The van der Waals surface area contributed by atoms with Crippen LogP contribution in [0.5, 0.6) is 5.75 Å². The van der Waals surface area contributed by atoms with Gasteiger partial charge >= 0.3 is 6.61 Å². The number of halogens is 3. The van der Waals surface area contributed by atoms with Crippen LogP contribution in [0.25, 0.3) is 0 Å². The first-order valence-electron chi connectivity index (χ1n) is 8.18. The molecule has 0 saturated carbocycles. The minimum atomic E-state index is -2.85. The Kier molecular flexibility index (Phi) is 10.6. The van der Waals surface area contributed by atoms with Gasteiger partial charge in [-0.3, -0.25) is 4.99 Å². The number of rotatable bonds is 8. The number of benzene rings is 1. The highest BCUT2D eigenvalue weighted by Crippen LogP contribution is 2.22. The van der Waals surface area contributed by atoms with E-state index in [2.05, 4.69) is 36.7 Å². The molecular weight excluding hydrogens is 485 g/mol. The highest BCUT2D eigenvalue weighted by atomic mass is 127. The Morgan fingerprint density at radius 2 is 1.93 bits per heavy atom. The largest absolute Gasteiger partial charge is 0.434 e. The van der Waals surface area contributed by atoms with Gasteiger partial charge in [0.15, 0.2) is 5.96 Å². The fraction of sp³-hybridized carbons (Fsp3) is 0.389. The van der Waals surface area contributed by atoms with Crippen LogP contribution in [-0.2, 0) is 6.54 Å². The summed E-state index contributed by atoms with van der Waals surface area (Å²) in [5.41, 5.74) is 0.637. The molecule has 0 aliphatic rings. The molecule has 5 nitrogen and oxygen atoms in total. The number of nitrogens with zero attached hydrogens (tertiary/aromatic N) is 2. The maximum absolute atomic E-state index is 12.5. The molecule has 2 N–H and O–H groups in total. The minimum absolute atomic E-state index is 0. The molecule has 1 heterocycles. The fourth-order valence-electron chi connectivity index (χ4n) is 2.47. The molecule has 0 radical (unpaired) electrons. The molecule has 2 rings (SSSR count). The van der Waals surface area contributed by atoms with Crippen molar-refractivity contribution >= 4 is 41.3 Å². The van der Waals surface area contributed by atoms with E-state index in [1.807, 2.05) is 20.2 Å². The van der Waals surface area contributed by atoms with E-state index in [1.165, 1.54) is 10.9 Å². The number of hydrogen-bond donors (Lipinski definition) is 2. The van der Waals surface area contributed by atoms with Gasteiger partial charge in [-0.25, -0.2) is 0 Å². The van der Waals surface area contributed by atoms with Gasteiger partial charge in [-0.15, -0.1) is 35.3 Å². The van der Waals surface area contributed by atoms with Crippen molar-refractivity contribution in [2.45, 2.75) is 19.2 Å². The highest BCUT2D eigenvalue weighted by Gasteiger charge is 2.16. The van der Waals surface area contributed by atoms with Crippen molar-refractivity contribution in [3.63, 3.8) is 0 Å². The zero-order valence-corrected chi connectivity index (χ0v) is 18.6. The van der Waals surface area contributed by atoms with E-state index in [0.717, 1.165) is 0 Å². The molecule has 0 fully saturated rings. The van der Waals surface area contributed by atoms with Gasteiger partial charge in [-0.2, -0.15) is 8.78 Å². The lowest BCUT2D eigenvalue weighted by atomic mass is 10.2. The number of nitrogens with one attached hydrogen (secondary N) is 2. The SMILES string of the molecule is CN=C(NCc1ccccc1OC(F)F)NCC(c1cccs1)N(C)C.I. The maximum Gasteiger partial charge on any atom is 0.387 e. The smallest absolute Gasteiger partial charge is 0.387 e. The Labute approximate surface area is 179 Å². The Bertz CT molecular complexity index is 698. The van der Waals surface area contributed by atoms with Crippen LogP contribution in [0, 0.1) is 0 Å². The van der Waals surface area contributed by atoms with Crippen molar-refractivity contribution in [2.24, 2.45) is 4.99 Å². The molecule has 27 heavy (non-hydrogen) atoms. The first-order chi connectivity index (χ1) is 12.5.